The molecule has 3 rings (SSSR count). The molecule has 5 heteroatoms. The Morgan fingerprint density at radius 3 is 2.86 bits per heavy atom. The Balaban J connectivity index is 1.58. The molecule has 1 heterocycles. The van der Waals surface area contributed by atoms with E-state index in [1.165, 1.54) is 18.4 Å². The summed E-state index contributed by atoms with van der Waals surface area (Å²) in [4.78, 5) is 8.93. The first kappa shape index (κ1) is 14.1. The van der Waals surface area contributed by atoms with Crippen molar-refractivity contribution in [2.75, 3.05) is 17.2 Å². The summed E-state index contributed by atoms with van der Waals surface area (Å²) in [6.45, 7) is 2.77. The molecule has 4 nitrogen and oxygen atoms in total. The lowest BCUT2D eigenvalue weighted by Gasteiger charge is -2.09. The standard InChI is InChI=1S/C16H19ClN4/c1-11-9-15(20-14-5-6-14)21-16(19-11)18-8-7-12-3-2-4-13(17)10-12/h2-4,9-10,14H,5-8H2,1H3,(H2,18,19,20,21). The van der Waals surface area contributed by atoms with Crippen LogP contribution in [0.15, 0.2) is 30.3 Å². The number of nitrogens with one attached hydrogen (secondary N) is 2. The first-order valence-corrected chi connectivity index (χ1v) is 7.67. The summed E-state index contributed by atoms with van der Waals surface area (Å²) in [5.74, 6) is 1.59. The molecule has 21 heavy (non-hydrogen) atoms. The third-order valence-corrected chi connectivity index (χ3v) is 3.60. The minimum absolute atomic E-state index is 0.596. The molecule has 0 bridgehead atoms. The van der Waals surface area contributed by atoms with Crippen LogP contribution in [0.2, 0.25) is 5.02 Å². The number of halogens is 1. The predicted molar refractivity (Wildman–Crippen MR) is 87.1 cm³/mol. The number of aryl methyl sites for hydroxylation is 1. The van der Waals surface area contributed by atoms with Crippen LogP contribution in [0.1, 0.15) is 24.1 Å². The van der Waals surface area contributed by atoms with Crippen LogP contribution in [0.25, 0.3) is 0 Å². The predicted octanol–water partition coefficient (Wildman–Crippen LogP) is 3.67. The number of benzene rings is 1. The molecule has 1 saturated carbocycles. The van der Waals surface area contributed by atoms with Gasteiger partial charge in [-0.2, -0.15) is 4.98 Å². The van der Waals surface area contributed by atoms with Gasteiger partial charge < -0.3 is 10.6 Å². The zero-order chi connectivity index (χ0) is 14.7. The van der Waals surface area contributed by atoms with E-state index >= 15 is 0 Å². The third-order valence-electron chi connectivity index (χ3n) is 3.37. The topological polar surface area (TPSA) is 49.8 Å². The maximum Gasteiger partial charge on any atom is 0.224 e. The van der Waals surface area contributed by atoms with Gasteiger partial charge in [-0.05, 0) is 43.9 Å². The van der Waals surface area contributed by atoms with Crippen molar-refractivity contribution in [2.24, 2.45) is 0 Å². The normalized spacial score (nSPS) is 14.0. The second kappa shape index (κ2) is 6.31. The fourth-order valence-corrected chi connectivity index (χ4v) is 2.38. The monoisotopic (exact) mass is 302 g/mol. The first-order chi connectivity index (χ1) is 10.2. The number of aromatic nitrogens is 2. The van der Waals surface area contributed by atoms with E-state index in [0.717, 1.165) is 29.5 Å². The fraction of sp³-hybridized carbons (Fsp3) is 0.375. The Hall–Kier alpha value is -1.81. The van der Waals surface area contributed by atoms with Crippen LogP contribution in [0.4, 0.5) is 11.8 Å². The maximum absolute atomic E-state index is 5.98. The first-order valence-electron chi connectivity index (χ1n) is 7.29. The van der Waals surface area contributed by atoms with Crippen molar-refractivity contribution >= 4 is 23.4 Å². The summed E-state index contributed by atoms with van der Waals surface area (Å²) >= 11 is 5.98. The number of hydrogen-bond donors (Lipinski definition) is 2. The van der Waals surface area contributed by atoms with Gasteiger partial charge in [0.15, 0.2) is 0 Å². The zero-order valence-corrected chi connectivity index (χ0v) is 12.8. The summed E-state index contributed by atoms with van der Waals surface area (Å²) in [5, 5.41) is 7.46. The molecule has 110 valence electrons. The van der Waals surface area contributed by atoms with Crippen molar-refractivity contribution in [3.8, 4) is 0 Å². The number of hydrogen-bond acceptors (Lipinski definition) is 4. The number of nitrogens with zero attached hydrogens (tertiary/aromatic N) is 2. The molecule has 0 radical (unpaired) electrons. The van der Waals surface area contributed by atoms with E-state index in [1.807, 2.05) is 31.2 Å². The summed E-state index contributed by atoms with van der Waals surface area (Å²) in [5.41, 5.74) is 2.18. The van der Waals surface area contributed by atoms with E-state index in [0.29, 0.717) is 12.0 Å². The lowest BCUT2D eigenvalue weighted by molar-refractivity contribution is 0.969. The molecule has 0 unspecified atom stereocenters. The molecule has 1 aromatic carbocycles. The Morgan fingerprint density at radius 2 is 2.10 bits per heavy atom. The molecule has 0 amide bonds. The Labute approximate surface area is 130 Å². The van der Waals surface area contributed by atoms with Crippen LogP contribution < -0.4 is 10.6 Å². The van der Waals surface area contributed by atoms with E-state index in [2.05, 4.69) is 26.7 Å². The van der Waals surface area contributed by atoms with Crippen LogP contribution in [0.3, 0.4) is 0 Å². The molecular formula is C16H19ClN4. The van der Waals surface area contributed by atoms with E-state index in [9.17, 15) is 0 Å². The molecule has 1 aliphatic rings. The molecular weight excluding hydrogens is 284 g/mol. The smallest absolute Gasteiger partial charge is 0.224 e. The van der Waals surface area contributed by atoms with Crippen molar-refractivity contribution < 1.29 is 0 Å². The molecule has 0 saturated heterocycles. The molecule has 1 aliphatic carbocycles. The zero-order valence-electron chi connectivity index (χ0n) is 12.1. The molecule has 2 aromatic rings. The number of rotatable bonds is 6. The minimum atomic E-state index is 0.596. The summed E-state index contributed by atoms with van der Waals surface area (Å²) in [7, 11) is 0. The molecule has 0 spiro atoms. The van der Waals surface area contributed by atoms with Crippen LogP contribution in [0, 0.1) is 6.92 Å². The van der Waals surface area contributed by atoms with Gasteiger partial charge in [0.2, 0.25) is 5.95 Å². The van der Waals surface area contributed by atoms with E-state index < -0.39 is 0 Å². The Morgan fingerprint density at radius 1 is 1.24 bits per heavy atom. The molecule has 1 fully saturated rings. The molecule has 2 N–H and O–H groups in total. The van der Waals surface area contributed by atoms with Crippen molar-refractivity contribution in [2.45, 2.75) is 32.2 Å². The van der Waals surface area contributed by atoms with Crippen molar-refractivity contribution in [1.29, 1.82) is 0 Å². The number of anilines is 2. The van der Waals surface area contributed by atoms with Gasteiger partial charge >= 0.3 is 0 Å². The molecule has 1 aromatic heterocycles. The van der Waals surface area contributed by atoms with Crippen molar-refractivity contribution in [3.63, 3.8) is 0 Å². The second-order valence-electron chi connectivity index (χ2n) is 5.44. The van der Waals surface area contributed by atoms with E-state index in [4.69, 9.17) is 11.6 Å². The quantitative estimate of drug-likeness (QED) is 0.855. The Bertz CT molecular complexity index is 625. The SMILES string of the molecule is Cc1cc(NC2CC2)nc(NCCc2cccc(Cl)c2)n1. The maximum atomic E-state index is 5.98. The highest BCUT2D eigenvalue weighted by atomic mass is 35.5. The van der Waals surface area contributed by atoms with Crippen LogP contribution in [-0.2, 0) is 6.42 Å². The Kier molecular flexibility index (Phi) is 4.25. The average molecular weight is 303 g/mol. The summed E-state index contributed by atoms with van der Waals surface area (Å²) in [6, 6.07) is 10.5. The molecule has 0 aliphatic heterocycles. The minimum Gasteiger partial charge on any atom is -0.367 e. The summed E-state index contributed by atoms with van der Waals surface area (Å²) < 4.78 is 0. The highest BCUT2D eigenvalue weighted by Crippen LogP contribution is 2.24. The van der Waals surface area contributed by atoms with E-state index in [-0.39, 0.29) is 0 Å². The highest BCUT2D eigenvalue weighted by Gasteiger charge is 2.21. The van der Waals surface area contributed by atoms with Crippen molar-refractivity contribution in [1.82, 2.24) is 9.97 Å². The lowest BCUT2D eigenvalue weighted by atomic mass is 10.1. The van der Waals surface area contributed by atoms with Gasteiger partial charge in [0, 0.05) is 29.4 Å². The van der Waals surface area contributed by atoms with Gasteiger partial charge in [-0.1, -0.05) is 23.7 Å². The summed E-state index contributed by atoms with van der Waals surface area (Å²) in [6.07, 6.45) is 3.37. The second-order valence-corrected chi connectivity index (χ2v) is 5.88. The van der Waals surface area contributed by atoms with Gasteiger partial charge in [0.25, 0.3) is 0 Å². The fourth-order valence-electron chi connectivity index (χ4n) is 2.17. The van der Waals surface area contributed by atoms with Gasteiger partial charge in [-0.15, -0.1) is 0 Å². The largest absolute Gasteiger partial charge is 0.367 e. The third kappa shape index (κ3) is 4.33. The van der Waals surface area contributed by atoms with Gasteiger partial charge in [-0.25, -0.2) is 4.98 Å². The highest BCUT2D eigenvalue weighted by molar-refractivity contribution is 6.30. The van der Waals surface area contributed by atoms with Gasteiger partial charge in [-0.3, -0.25) is 0 Å². The van der Waals surface area contributed by atoms with Crippen molar-refractivity contribution in [3.05, 3.63) is 46.6 Å². The van der Waals surface area contributed by atoms with Gasteiger partial charge in [0.1, 0.15) is 5.82 Å². The average Bonchev–Trinajstić information content (AvgIpc) is 3.22. The van der Waals surface area contributed by atoms with Gasteiger partial charge in [0.05, 0.1) is 0 Å². The van der Waals surface area contributed by atoms with E-state index in [1.54, 1.807) is 0 Å². The van der Waals surface area contributed by atoms with Crippen LogP contribution in [0.5, 0.6) is 0 Å². The lowest BCUT2D eigenvalue weighted by Crippen LogP contribution is -2.11. The van der Waals surface area contributed by atoms with Crippen LogP contribution >= 0.6 is 11.6 Å². The van der Waals surface area contributed by atoms with Crippen LogP contribution in [-0.4, -0.2) is 22.6 Å². The molecule has 0 atom stereocenters.